The fourth-order valence-corrected chi connectivity index (χ4v) is 12.4. The SMILES string of the molecule is CC(=O)OC[C@@]1(C)C2CC[C@]3(C)C(CC=C4C5CC(C)(C)CC[C@]5(C(=O)NCc5ccco5)CC[C@]43C)[C@@]2(C)C[C@@H](OC(C)=O)[C@@H]1OC(C)=O. The predicted octanol–water partition coefficient (Wildman–Crippen LogP) is 7.71. The van der Waals surface area contributed by atoms with Crippen LogP contribution in [0, 0.1) is 50.2 Å². The highest BCUT2D eigenvalue weighted by molar-refractivity contribution is 5.84. The molecular formula is C41H59NO8. The van der Waals surface area contributed by atoms with Gasteiger partial charge in [-0.1, -0.05) is 53.2 Å². The minimum atomic E-state index is -0.766. The molecule has 276 valence electrons. The summed E-state index contributed by atoms with van der Waals surface area (Å²) in [5.74, 6) is 0.0698. The second kappa shape index (κ2) is 12.5. The smallest absolute Gasteiger partial charge is 0.303 e. The first-order valence-electron chi connectivity index (χ1n) is 18.8. The molecule has 3 unspecified atom stereocenters. The first-order valence-corrected chi connectivity index (χ1v) is 18.8. The highest BCUT2D eigenvalue weighted by atomic mass is 16.6. The molecule has 1 N–H and O–H groups in total. The summed E-state index contributed by atoms with van der Waals surface area (Å²) in [7, 11) is 0. The van der Waals surface area contributed by atoms with Crippen LogP contribution in [0.1, 0.15) is 126 Å². The number of hydrogen-bond acceptors (Lipinski definition) is 8. The highest BCUT2D eigenvalue weighted by Gasteiger charge is 2.71. The maximum absolute atomic E-state index is 14.4. The van der Waals surface area contributed by atoms with Gasteiger partial charge in [0.1, 0.15) is 24.6 Å². The van der Waals surface area contributed by atoms with Crippen LogP contribution in [0.25, 0.3) is 0 Å². The Morgan fingerprint density at radius 2 is 1.56 bits per heavy atom. The van der Waals surface area contributed by atoms with E-state index in [1.54, 1.807) is 6.26 Å². The minimum absolute atomic E-state index is 0.0470. The first kappa shape index (κ1) is 36.7. The van der Waals surface area contributed by atoms with Crippen LogP contribution in [0.4, 0.5) is 0 Å². The maximum Gasteiger partial charge on any atom is 0.303 e. The van der Waals surface area contributed by atoms with Crippen molar-refractivity contribution in [3.8, 4) is 0 Å². The number of nitrogens with one attached hydrogen (secondary N) is 1. The summed E-state index contributed by atoms with van der Waals surface area (Å²) >= 11 is 0. The Balaban J connectivity index is 1.40. The molecule has 0 saturated heterocycles. The number of ether oxygens (including phenoxy) is 3. The number of carbonyl (C=O) groups excluding carboxylic acids is 4. The Kier molecular flexibility index (Phi) is 9.20. The average molecular weight is 694 g/mol. The molecule has 0 bridgehead atoms. The quantitative estimate of drug-likeness (QED) is 0.175. The number of amides is 1. The molecule has 1 amide bonds. The van der Waals surface area contributed by atoms with Crippen molar-refractivity contribution in [2.24, 2.45) is 50.2 Å². The summed E-state index contributed by atoms with van der Waals surface area (Å²) in [6.45, 7) is 18.7. The van der Waals surface area contributed by atoms with Crippen LogP contribution in [-0.4, -0.2) is 42.6 Å². The molecule has 10 atom stereocenters. The third kappa shape index (κ3) is 5.73. The molecule has 50 heavy (non-hydrogen) atoms. The van der Waals surface area contributed by atoms with Gasteiger partial charge in [0, 0.05) is 26.2 Å². The van der Waals surface area contributed by atoms with Gasteiger partial charge < -0.3 is 23.9 Å². The second-order valence-corrected chi connectivity index (χ2v) is 18.3. The van der Waals surface area contributed by atoms with Gasteiger partial charge in [0.15, 0.2) is 0 Å². The predicted molar refractivity (Wildman–Crippen MR) is 187 cm³/mol. The molecule has 0 radical (unpaired) electrons. The van der Waals surface area contributed by atoms with Gasteiger partial charge >= 0.3 is 17.9 Å². The van der Waals surface area contributed by atoms with Crippen LogP contribution in [0.3, 0.4) is 0 Å². The number of hydrogen-bond donors (Lipinski definition) is 1. The Labute approximate surface area is 298 Å². The van der Waals surface area contributed by atoms with E-state index in [4.69, 9.17) is 18.6 Å². The van der Waals surface area contributed by atoms with E-state index in [0.717, 1.165) is 57.1 Å². The van der Waals surface area contributed by atoms with E-state index >= 15 is 0 Å². The summed E-state index contributed by atoms with van der Waals surface area (Å²) in [5.41, 5.74) is -0.189. The number of allylic oxidation sites excluding steroid dienone is 2. The van der Waals surface area contributed by atoms with E-state index in [2.05, 4.69) is 52.9 Å². The summed E-state index contributed by atoms with van der Waals surface area (Å²) < 4.78 is 23.3. The van der Waals surface area contributed by atoms with Crippen LogP contribution in [0.15, 0.2) is 34.5 Å². The monoisotopic (exact) mass is 693 g/mol. The number of rotatable bonds is 7. The molecule has 4 saturated carbocycles. The molecule has 1 aromatic rings. The molecule has 0 spiro atoms. The zero-order valence-electron chi connectivity index (χ0n) is 31.7. The van der Waals surface area contributed by atoms with Crippen molar-refractivity contribution in [1.82, 2.24) is 5.32 Å². The van der Waals surface area contributed by atoms with Crippen molar-refractivity contribution >= 4 is 23.8 Å². The molecule has 5 aliphatic rings. The van der Waals surface area contributed by atoms with Crippen LogP contribution in [0.2, 0.25) is 0 Å². The lowest BCUT2D eigenvalue weighted by molar-refractivity contribution is -0.255. The van der Waals surface area contributed by atoms with Gasteiger partial charge in [-0.3, -0.25) is 19.2 Å². The molecule has 0 aromatic carbocycles. The molecule has 9 nitrogen and oxygen atoms in total. The normalized spacial score (nSPS) is 41.5. The summed E-state index contributed by atoms with van der Waals surface area (Å²) in [6.07, 6.45) is 10.6. The van der Waals surface area contributed by atoms with Gasteiger partial charge in [-0.05, 0) is 109 Å². The molecule has 6 rings (SSSR count). The molecule has 1 heterocycles. The maximum atomic E-state index is 14.4. The van der Waals surface area contributed by atoms with Crippen molar-refractivity contribution in [2.75, 3.05) is 6.61 Å². The van der Waals surface area contributed by atoms with Crippen LogP contribution in [0.5, 0.6) is 0 Å². The van der Waals surface area contributed by atoms with Gasteiger partial charge in [-0.2, -0.15) is 0 Å². The topological polar surface area (TPSA) is 121 Å². The Morgan fingerprint density at radius 3 is 2.20 bits per heavy atom. The van der Waals surface area contributed by atoms with Gasteiger partial charge in [0.25, 0.3) is 0 Å². The average Bonchev–Trinajstić information content (AvgIpc) is 3.54. The van der Waals surface area contributed by atoms with Crippen LogP contribution in [-0.2, 0) is 39.9 Å². The van der Waals surface area contributed by atoms with Gasteiger partial charge in [0.2, 0.25) is 5.91 Å². The zero-order valence-corrected chi connectivity index (χ0v) is 31.7. The van der Waals surface area contributed by atoms with Gasteiger partial charge in [-0.25, -0.2) is 0 Å². The van der Waals surface area contributed by atoms with E-state index in [1.165, 1.54) is 26.3 Å². The summed E-state index contributed by atoms with van der Waals surface area (Å²) in [5, 5.41) is 3.28. The Hall–Kier alpha value is -3.10. The van der Waals surface area contributed by atoms with E-state index in [0.29, 0.717) is 13.0 Å². The highest BCUT2D eigenvalue weighted by Crippen LogP contribution is 2.76. The lowest BCUT2D eigenvalue weighted by atomic mass is 9.33. The largest absolute Gasteiger partial charge is 0.467 e. The molecule has 9 heteroatoms. The Morgan fingerprint density at radius 1 is 0.860 bits per heavy atom. The fraction of sp³-hybridized carbons (Fsp3) is 0.756. The van der Waals surface area contributed by atoms with Crippen molar-refractivity contribution in [3.63, 3.8) is 0 Å². The zero-order chi connectivity index (χ0) is 36.5. The summed E-state index contributed by atoms with van der Waals surface area (Å²) in [4.78, 5) is 51.6. The number of furan rings is 1. The molecule has 1 aromatic heterocycles. The van der Waals surface area contributed by atoms with Crippen molar-refractivity contribution in [3.05, 3.63) is 35.8 Å². The fourth-order valence-electron chi connectivity index (χ4n) is 12.4. The summed E-state index contributed by atoms with van der Waals surface area (Å²) in [6, 6.07) is 3.76. The molecule has 5 aliphatic carbocycles. The number of fused-ring (bicyclic) bond motifs is 7. The number of esters is 3. The minimum Gasteiger partial charge on any atom is -0.467 e. The standard InChI is InChI=1S/C41H59NO8/c1-25(43)48-24-38(7)32-14-15-40(9)33(37(32,6)22-31(49-26(2)44)34(38)50-27(3)45)13-12-29-30-21-36(4,5)16-18-41(30,19-17-39(29,40)8)35(46)42-23-28-11-10-20-47-28/h10-12,20,30-34H,13-19,21-24H2,1-9H3,(H,42,46)/t30?,31-,32?,33?,34+,37+,38+,39-,40-,41+/m1/s1. The second-order valence-electron chi connectivity index (χ2n) is 18.3. The number of carbonyl (C=O) groups is 4. The van der Waals surface area contributed by atoms with Crippen molar-refractivity contribution in [2.45, 2.75) is 139 Å². The van der Waals surface area contributed by atoms with Gasteiger partial charge in [-0.15, -0.1) is 0 Å². The van der Waals surface area contributed by atoms with Crippen molar-refractivity contribution in [1.29, 1.82) is 0 Å². The van der Waals surface area contributed by atoms with Gasteiger partial charge in [0.05, 0.1) is 18.2 Å². The molecule has 0 aliphatic heterocycles. The Bertz CT molecular complexity index is 1550. The van der Waals surface area contributed by atoms with E-state index in [-0.39, 0.29) is 51.9 Å². The third-order valence-electron chi connectivity index (χ3n) is 15.0. The van der Waals surface area contributed by atoms with Crippen molar-refractivity contribution < 1.29 is 37.8 Å². The van der Waals surface area contributed by atoms with E-state index in [9.17, 15) is 19.2 Å². The lowest BCUT2D eigenvalue weighted by Gasteiger charge is -2.71. The lowest BCUT2D eigenvalue weighted by Crippen LogP contribution is -2.69. The third-order valence-corrected chi connectivity index (χ3v) is 15.0. The molecule has 4 fully saturated rings. The van der Waals surface area contributed by atoms with E-state index in [1.807, 2.05) is 12.1 Å². The molecular weight excluding hydrogens is 634 g/mol. The van der Waals surface area contributed by atoms with E-state index < -0.39 is 40.9 Å². The van der Waals surface area contributed by atoms with Crippen LogP contribution >= 0.6 is 0 Å². The van der Waals surface area contributed by atoms with Crippen LogP contribution < -0.4 is 5.32 Å². The first-order chi connectivity index (χ1) is 23.3.